The smallest absolute Gasteiger partial charge is 0.187 e. The number of nitrogens with zero attached hydrogens (tertiary/aromatic N) is 1. The van der Waals surface area contributed by atoms with Gasteiger partial charge in [0.25, 0.3) is 0 Å². The first kappa shape index (κ1) is 15.3. The van der Waals surface area contributed by atoms with Crippen molar-refractivity contribution >= 4 is 0 Å². The van der Waals surface area contributed by atoms with Crippen molar-refractivity contribution in [2.45, 2.75) is 40.2 Å². The summed E-state index contributed by atoms with van der Waals surface area (Å²) in [6, 6.07) is 0. The van der Waals surface area contributed by atoms with Crippen LogP contribution in [-0.2, 0) is 11.3 Å². The number of rotatable bonds is 6. The Morgan fingerprint density at radius 2 is 2.25 bits per heavy atom. The molecule has 1 aromatic heterocycles. The van der Waals surface area contributed by atoms with E-state index in [-0.39, 0.29) is 5.43 Å². The molecular weight excluding hydrogens is 252 g/mol. The largest absolute Gasteiger partial charge is 0.381 e. The van der Waals surface area contributed by atoms with Crippen LogP contribution in [0.25, 0.3) is 0 Å². The summed E-state index contributed by atoms with van der Waals surface area (Å²) in [5.41, 5.74) is 2.87. The third kappa shape index (κ3) is 3.70. The van der Waals surface area contributed by atoms with E-state index in [0.29, 0.717) is 5.92 Å². The molecule has 4 nitrogen and oxygen atoms in total. The molecule has 1 atom stereocenters. The number of hydrogen-bond donors (Lipinski definition) is 1. The van der Waals surface area contributed by atoms with Gasteiger partial charge in [-0.15, -0.1) is 0 Å². The average molecular weight is 278 g/mol. The molecule has 1 aromatic rings. The van der Waals surface area contributed by atoms with Gasteiger partial charge in [-0.3, -0.25) is 9.69 Å². The molecular formula is C16H26N2O2. The minimum Gasteiger partial charge on any atom is -0.381 e. The van der Waals surface area contributed by atoms with Gasteiger partial charge < -0.3 is 9.72 Å². The van der Waals surface area contributed by atoms with Gasteiger partial charge in [-0.05, 0) is 39.2 Å². The second-order valence-electron chi connectivity index (χ2n) is 5.87. The number of ether oxygens (including phenoxy) is 1. The summed E-state index contributed by atoms with van der Waals surface area (Å²) in [5.74, 6) is 0.638. The third-order valence-corrected chi connectivity index (χ3v) is 4.07. The summed E-state index contributed by atoms with van der Waals surface area (Å²) in [5, 5.41) is 0. The SMILES string of the molecule is CCCOC[C@H]1CCN(Cc2[nH]cc(C)c(=O)c2C)C1. The molecule has 1 N–H and O–H groups in total. The van der Waals surface area contributed by atoms with Crippen molar-refractivity contribution in [2.75, 3.05) is 26.3 Å². The van der Waals surface area contributed by atoms with Gasteiger partial charge in [0, 0.05) is 42.7 Å². The lowest BCUT2D eigenvalue weighted by atomic mass is 10.1. The van der Waals surface area contributed by atoms with Crippen LogP contribution in [0.4, 0.5) is 0 Å². The molecule has 0 unspecified atom stereocenters. The molecule has 0 aliphatic carbocycles. The Bertz CT molecular complexity index is 496. The Hall–Kier alpha value is -1.13. The number of hydrogen-bond acceptors (Lipinski definition) is 3. The van der Waals surface area contributed by atoms with E-state index < -0.39 is 0 Å². The number of aromatic amines is 1. The average Bonchev–Trinajstić information content (AvgIpc) is 2.88. The van der Waals surface area contributed by atoms with Crippen molar-refractivity contribution < 1.29 is 4.74 Å². The predicted molar refractivity (Wildman–Crippen MR) is 81.0 cm³/mol. The lowest BCUT2D eigenvalue weighted by molar-refractivity contribution is 0.101. The van der Waals surface area contributed by atoms with Gasteiger partial charge in [-0.25, -0.2) is 0 Å². The number of H-pyrrole nitrogens is 1. The Morgan fingerprint density at radius 1 is 1.45 bits per heavy atom. The minimum atomic E-state index is 0.167. The predicted octanol–water partition coefficient (Wildman–Crippen LogP) is 2.24. The summed E-state index contributed by atoms with van der Waals surface area (Å²) < 4.78 is 5.64. The van der Waals surface area contributed by atoms with Crippen LogP contribution in [0, 0.1) is 19.8 Å². The van der Waals surface area contributed by atoms with Crippen LogP contribution >= 0.6 is 0 Å². The van der Waals surface area contributed by atoms with Crippen molar-refractivity contribution in [1.29, 1.82) is 0 Å². The van der Waals surface area contributed by atoms with E-state index in [1.165, 1.54) is 6.42 Å². The zero-order chi connectivity index (χ0) is 14.5. The van der Waals surface area contributed by atoms with Crippen LogP contribution in [0.15, 0.2) is 11.0 Å². The monoisotopic (exact) mass is 278 g/mol. The summed E-state index contributed by atoms with van der Waals surface area (Å²) in [4.78, 5) is 17.6. The van der Waals surface area contributed by atoms with Crippen molar-refractivity contribution in [3.8, 4) is 0 Å². The highest BCUT2D eigenvalue weighted by Crippen LogP contribution is 2.19. The number of likely N-dealkylation sites (tertiary alicyclic amines) is 1. The molecule has 0 spiro atoms. The molecule has 0 bridgehead atoms. The maximum atomic E-state index is 11.9. The molecule has 1 fully saturated rings. The number of aryl methyl sites for hydroxylation is 1. The van der Waals surface area contributed by atoms with Gasteiger partial charge in [0.2, 0.25) is 0 Å². The van der Waals surface area contributed by atoms with E-state index in [1.807, 2.05) is 20.0 Å². The van der Waals surface area contributed by atoms with Crippen LogP contribution in [0.5, 0.6) is 0 Å². The maximum Gasteiger partial charge on any atom is 0.187 e. The van der Waals surface area contributed by atoms with E-state index >= 15 is 0 Å². The highest BCUT2D eigenvalue weighted by atomic mass is 16.5. The summed E-state index contributed by atoms with van der Waals surface area (Å²) in [6.07, 6.45) is 4.10. The van der Waals surface area contributed by atoms with Crippen molar-refractivity contribution in [3.05, 3.63) is 33.2 Å². The minimum absolute atomic E-state index is 0.167. The molecule has 1 saturated heterocycles. The van der Waals surface area contributed by atoms with Gasteiger partial charge in [0.05, 0.1) is 6.61 Å². The molecule has 0 saturated carbocycles. The number of pyridine rings is 1. The van der Waals surface area contributed by atoms with E-state index in [9.17, 15) is 4.79 Å². The highest BCUT2D eigenvalue weighted by Gasteiger charge is 2.23. The Morgan fingerprint density at radius 3 is 3.00 bits per heavy atom. The van der Waals surface area contributed by atoms with Gasteiger partial charge in [0.15, 0.2) is 5.43 Å². The van der Waals surface area contributed by atoms with Crippen LogP contribution in [0.1, 0.15) is 36.6 Å². The van der Waals surface area contributed by atoms with Crippen molar-refractivity contribution in [1.82, 2.24) is 9.88 Å². The molecule has 0 amide bonds. The fraction of sp³-hybridized carbons (Fsp3) is 0.688. The van der Waals surface area contributed by atoms with Crippen LogP contribution < -0.4 is 5.43 Å². The molecule has 0 aromatic carbocycles. The standard InChI is InChI=1S/C16H26N2O2/c1-4-7-20-11-14-5-6-18(9-14)10-15-13(3)16(19)12(2)8-17-15/h8,14H,4-7,9-11H2,1-3H3,(H,17,19)/t14-/m0/s1. The lowest BCUT2D eigenvalue weighted by Gasteiger charge is -2.17. The normalized spacial score (nSPS) is 19.6. The maximum absolute atomic E-state index is 11.9. The van der Waals surface area contributed by atoms with E-state index in [0.717, 1.165) is 56.1 Å². The summed E-state index contributed by atoms with van der Waals surface area (Å²) in [6.45, 7) is 10.6. The first-order chi connectivity index (χ1) is 9.61. The molecule has 2 heterocycles. The van der Waals surface area contributed by atoms with E-state index in [4.69, 9.17) is 4.74 Å². The van der Waals surface area contributed by atoms with E-state index in [2.05, 4.69) is 16.8 Å². The van der Waals surface area contributed by atoms with E-state index in [1.54, 1.807) is 0 Å². The summed E-state index contributed by atoms with van der Waals surface area (Å²) in [7, 11) is 0. The number of nitrogens with one attached hydrogen (secondary N) is 1. The zero-order valence-electron chi connectivity index (χ0n) is 12.9. The number of aromatic nitrogens is 1. The Balaban J connectivity index is 1.89. The third-order valence-electron chi connectivity index (χ3n) is 4.07. The first-order valence-electron chi connectivity index (χ1n) is 7.59. The highest BCUT2D eigenvalue weighted by molar-refractivity contribution is 5.23. The molecule has 20 heavy (non-hydrogen) atoms. The fourth-order valence-electron chi connectivity index (χ4n) is 2.78. The van der Waals surface area contributed by atoms with Crippen molar-refractivity contribution in [3.63, 3.8) is 0 Å². The molecule has 0 radical (unpaired) electrons. The zero-order valence-corrected chi connectivity index (χ0v) is 12.9. The van der Waals surface area contributed by atoms with Crippen LogP contribution in [0.2, 0.25) is 0 Å². The topological polar surface area (TPSA) is 45.3 Å². The quantitative estimate of drug-likeness (QED) is 0.812. The molecule has 1 aliphatic heterocycles. The second kappa shape index (κ2) is 7.04. The molecule has 2 rings (SSSR count). The van der Waals surface area contributed by atoms with Gasteiger partial charge in [-0.1, -0.05) is 6.92 Å². The first-order valence-corrected chi connectivity index (χ1v) is 7.59. The van der Waals surface area contributed by atoms with Gasteiger partial charge in [-0.2, -0.15) is 0 Å². The molecule has 4 heteroatoms. The van der Waals surface area contributed by atoms with Crippen LogP contribution in [0.3, 0.4) is 0 Å². The molecule has 112 valence electrons. The Kier molecular flexibility index (Phi) is 5.38. The Labute approximate surface area is 121 Å². The van der Waals surface area contributed by atoms with Crippen LogP contribution in [-0.4, -0.2) is 36.2 Å². The fourth-order valence-corrected chi connectivity index (χ4v) is 2.78. The second-order valence-corrected chi connectivity index (χ2v) is 5.87. The van der Waals surface area contributed by atoms with Gasteiger partial charge >= 0.3 is 0 Å². The van der Waals surface area contributed by atoms with Gasteiger partial charge in [0.1, 0.15) is 0 Å². The lowest BCUT2D eigenvalue weighted by Crippen LogP contribution is -2.24. The van der Waals surface area contributed by atoms with Crippen molar-refractivity contribution in [2.24, 2.45) is 5.92 Å². The summed E-state index contributed by atoms with van der Waals surface area (Å²) >= 11 is 0. The molecule has 1 aliphatic rings.